The Balaban J connectivity index is 2.86. The number of carboxylic acids is 1. The fourth-order valence-electron chi connectivity index (χ4n) is 1.49. The van der Waals surface area contributed by atoms with E-state index < -0.39 is 20.9 Å². The Labute approximate surface area is 111 Å². The number of benzene rings is 1. The van der Waals surface area contributed by atoms with Crippen LogP contribution in [0.1, 0.15) is 12.0 Å². The first-order chi connectivity index (χ1) is 8.26. The highest BCUT2D eigenvalue weighted by Crippen LogP contribution is 2.32. The van der Waals surface area contributed by atoms with Crippen LogP contribution in [0.5, 0.6) is 0 Å². The third-order valence-electron chi connectivity index (χ3n) is 2.40. The first kappa shape index (κ1) is 14.9. The molecule has 1 atom stereocenters. The number of halogens is 1. The summed E-state index contributed by atoms with van der Waals surface area (Å²) < 4.78 is 24.1. The Morgan fingerprint density at radius 2 is 1.94 bits per heavy atom. The molecule has 0 saturated carbocycles. The molecule has 2 N–H and O–H groups in total. The van der Waals surface area contributed by atoms with Gasteiger partial charge in [-0.05, 0) is 12.0 Å². The number of hydrogen-bond donors (Lipinski definition) is 2. The zero-order valence-electron chi connectivity index (χ0n) is 9.76. The maximum Gasteiger partial charge on any atom is 0.329 e. The van der Waals surface area contributed by atoms with E-state index in [1.807, 2.05) is 0 Å². The van der Waals surface area contributed by atoms with E-state index in [4.69, 9.17) is 11.6 Å². The molecule has 0 amide bonds. The smallest absolute Gasteiger partial charge is 0.329 e. The maximum absolute atomic E-state index is 11.3. The topological polar surface area (TPSA) is 83.5 Å². The van der Waals surface area contributed by atoms with Crippen LogP contribution in [0.4, 0.5) is 0 Å². The van der Waals surface area contributed by atoms with Gasteiger partial charge >= 0.3 is 5.97 Å². The van der Waals surface area contributed by atoms with Crippen LogP contribution in [-0.4, -0.2) is 32.3 Å². The third-order valence-corrected chi connectivity index (χ3v) is 3.70. The van der Waals surface area contributed by atoms with Crippen LogP contribution in [0.25, 0.3) is 0 Å². The van der Waals surface area contributed by atoms with Gasteiger partial charge in [-0.15, -0.1) is 11.6 Å². The molecule has 0 aliphatic heterocycles. The zero-order chi connectivity index (χ0) is 13.8. The Morgan fingerprint density at radius 3 is 2.39 bits per heavy atom. The van der Waals surface area contributed by atoms with Crippen molar-refractivity contribution in [3.8, 4) is 0 Å². The lowest BCUT2D eigenvalue weighted by molar-refractivity contribution is -0.140. The van der Waals surface area contributed by atoms with Crippen LogP contribution in [0.15, 0.2) is 30.3 Å². The van der Waals surface area contributed by atoms with Crippen LogP contribution in [0, 0.1) is 0 Å². The molecule has 0 radical (unpaired) electrons. The second-order valence-electron chi connectivity index (χ2n) is 3.89. The third kappa shape index (κ3) is 3.97. The second-order valence-corrected chi connectivity index (χ2v) is 6.37. The number of aliphatic carboxylic acids is 1. The molecule has 0 aromatic heterocycles. The average Bonchev–Trinajstić information content (AvgIpc) is 2.28. The van der Waals surface area contributed by atoms with E-state index in [-0.39, 0.29) is 13.0 Å². The molecule has 0 heterocycles. The van der Waals surface area contributed by atoms with Crippen LogP contribution >= 0.6 is 11.6 Å². The quantitative estimate of drug-likeness (QED) is 0.770. The zero-order valence-corrected chi connectivity index (χ0v) is 11.3. The van der Waals surface area contributed by atoms with Crippen molar-refractivity contribution in [2.45, 2.75) is 11.3 Å². The van der Waals surface area contributed by atoms with Crippen molar-refractivity contribution in [3.05, 3.63) is 35.9 Å². The Hall–Kier alpha value is -1.11. The van der Waals surface area contributed by atoms with Gasteiger partial charge in [0.25, 0.3) is 0 Å². The second kappa shape index (κ2) is 5.69. The van der Waals surface area contributed by atoms with Crippen molar-refractivity contribution in [1.82, 2.24) is 4.72 Å². The Morgan fingerprint density at radius 1 is 1.39 bits per heavy atom. The summed E-state index contributed by atoms with van der Waals surface area (Å²) in [5.41, 5.74) is 0.425. The standard InChI is InChI=1S/C11H14ClNO4S/c1-18(16,17)13-8-7-11(12,10(14)15)9-5-3-2-4-6-9/h2-6,13H,7-8H2,1H3,(H,14,15). The molecule has 0 aliphatic carbocycles. The molecule has 0 fully saturated rings. The van der Waals surface area contributed by atoms with Gasteiger partial charge in [0, 0.05) is 6.54 Å². The van der Waals surface area contributed by atoms with Gasteiger partial charge < -0.3 is 5.11 Å². The van der Waals surface area contributed by atoms with Gasteiger partial charge in [-0.25, -0.2) is 17.9 Å². The van der Waals surface area contributed by atoms with Crippen molar-refractivity contribution in [1.29, 1.82) is 0 Å². The highest BCUT2D eigenvalue weighted by atomic mass is 35.5. The minimum atomic E-state index is -3.36. The minimum absolute atomic E-state index is 0.0382. The van der Waals surface area contributed by atoms with E-state index in [2.05, 4.69) is 4.72 Å². The molecule has 1 rings (SSSR count). The first-order valence-electron chi connectivity index (χ1n) is 5.18. The number of nitrogens with one attached hydrogen (secondary N) is 1. The molecule has 0 aliphatic rings. The molecular formula is C11H14ClNO4S. The molecule has 1 aromatic rings. The molecule has 18 heavy (non-hydrogen) atoms. The first-order valence-corrected chi connectivity index (χ1v) is 7.45. The SMILES string of the molecule is CS(=O)(=O)NCCC(Cl)(C(=O)O)c1ccccc1. The fourth-order valence-corrected chi connectivity index (χ4v) is 2.18. The summed E-state index contributed by atoms with van der Waals surface area (Å²) in [5, 5.41) is 9.21. The summed E-state index contributed by atoms with van der Waals surface area (Å²) in [7, 11) is -3.36. The van der Waals surface area contributed by atoms with Gasteiger partial charge in [0.05, 0.1) is 6.26 Å². The van der Waals surface area contributed by atoms with E-state index in [1.165, 1.54) is 0 Å². The van der Waals surface area contributed by atoms with Crippen molar-refractivity contribution in [2.24, 2.45) is 0 Å². The van der Waals surface area contributed by atoms with Crippen LogP contribution in [-0.2, 0) is 19.7 Å². The monoisotopic (exact) mass is 291 g/mol. The van der Waals surface area contributed by atoms with Gasteiger partial charge in [-0.3, -0.25) is 0 Å². The highest BCUT2D eigenvalue weighted by molar-refractivity contribution is 7.88. The van der Waals surface area contributed by atoms with Gasteiger partial charge in [0.15, 0.2) is 4.87 Å². The summed E-state index contributed by atoms with van der Waals surface area (Å²) in [5.74, 6) is -1.20. The molecular weight excluding hydrogens is 278 g/mol. The van der Waals surface area contributed by atoms with Crippen molar-refractivity contribution < 1.29 is 18.3 Å². The number of carboxylic acid groups (broad SMARTS) is 1. The molecule has 1 aromatic carbocycles. The van der Waals surface area contributed by atoms with Crippen LogP contribution in [0.3, 0.4) is 0 Å². The van der Waals surface area contributed by atoms with Gasteiger partial charge in [-0.2, -0.15) is 0 Å². The summed E-state index contributed by atoms with van der Waals surface area (Å²) in [6.07, 6.45) is 0.965. The Bertz CT molecular complexity index is 517. The predicted octanol–water partition coefficient (Wildman–Crippen LogP) is 1.14. The van der Waals surface area contributed by atoms with E-state index in [1.54, 1.807) is 30.3 Å². The minimum Gasteiger partial charge on any atom is -0.480 e. The van der Waals surface area contributed by atoms with E-state index in [0.29, 0.717) is 5.56 Å². The number of sulfonamides is 1. The van der Waals surface area contributed by atoms with E-state index >= 15 is 0 Å². The summed E-state index contributed by atoms with van der Waals surface area (Å²) in [6, 6.07) is 8.30. The van der Waals surface area contributed by atoms with E-state index in [0.717, 1.165) is 6.26 Å². The fraction of sp³-hybridized carbons (Fsp3) is 0.364. The van der Waals surface area contributed by atoms with Crippen molar-refractivity contribution >= 4 is 27.6 Å². The lowest BCUT2D eigenvalue weighted by atomic mass is 9.95. The summed E-state index contributed by atoms with van der Waals surface area (Å²) in [4.78, 5) is 9.64. The largest absolute Gasteiger partial charge is 0.480 e. The number of rotatable bonds is 6. The van der Waals surface area contributed by atoms with Crippen molar-refractivity contribution in [3.63, 3.8) is 0 Å². The molecule has 0 spiro atoms. The van der Waals surface area contributed by atoms with Crippen LogP contribution < -0.4 is 4.72 Å². The molecule has 7 heteroatoms. The normalized spacial score (nSPS) is 15.0. The maximum atomic E-state index is 11.3. The molecule has 5 nitrogen and oxygen atoms in total. The Kier molecular flexibility index (Phi) is 4.72. The number of alkyl halides is 1. The number of carbonyl (C=O) groups is 1. The van der Waals surface area contributed by atoms with Gasteiger partial charge in [0.2, 0.25) is 10.0 Å². The van der Waals surface area contributed by atoms with Gasteiger partial charge in [0.1, 0.15) is 0 Å². The van der Waals surface area contributed by atoms with Gasteiger partial charge in [-0.1, -0.05) is 30.3 Å². The molecule has 1 unspecified atom stereocenters. The number of hydrogen-bond acceptors (Lipinski definition) is 3. The average molecular weight is 292 g/mol. The van der Waals surface area contributed by atoms with Crippen LogP contribution in [0.2, 0.25) is 0 Å². The molecule has 0 bridgehead atoms. The van der Waals surface area contributed by atoms with E-state index in [9.17, 15) is 18.3 Å². The molecule has 0 saturated heterocycles. The summed E-state index contributed by atoms with van der Waals surface area (Å²) >= 11 is 6.09. The molecule has 100 valence electrons. The van der Waals surface area contributed by atoms with Crippen molar-refractivity contribution in [2.75, 3.05) is 12.8 Å². The predicted molar refractivity (Wildman–Crippen MR) is 69.1 cm³/mol. The lowest BCUT2D eigenvalue weighted by Crippen LogP contribution is -2.35. The lowest BCUT2D eigenvalue weighted by Gasteiger charge is -2.22. The summed E-state index contributed by atoms with van der Waals surface area (Å²) in [6.45, 7) is -0.0382. The highest BCUT2D eigenvalue weighted by Gasteiger charge is 2.37.